The molecule has 1 aromatic rings. The molecule has 0 aliphatic heterocycles. The highest BCUT2D eigenvalue weighted by Gasteiger charge is 2.00. The van der Waals surface area contributed by atoms with E-state index in [9.17, 15) is 4.39 Å². The summed E-state index contributed by atoms with van der Waals surface area (Å²) in [5, 5.41) is 0. The Morgan fingerprint density at radius 3 is 3.08 bits per heavy atom. The van der Waals surface area contributed by atoms with Gasteiger partial charge in [-0.1, -0.05) is 12.2 Å². The van der Waals surface area contributed by atoms with Crippen molar-refractivity contribution in [1.29, 1.82) is 0 Å². The fraction of sp³-hybridized carbons (Fsp3) is 0.300. The van der Waals surface area contributed by atoms with E-state index >= 15 is 0 Å². The third-order valence-electron chi connectivity index (χ3n) is 1.78. The average molecular weight is 197 g/mol. The Labute approximate surface area is 83.1 Å². The molecule has 0 amide bonds. The highest BCUT2D eigenvalue weighted by atomic mass is 32.1. The number of hydrogen-bond acceptors (Lipinski definition) is 2. The highest BCUT2D eigenvalue weighted by Crippen LogP contribution is 2.11. The molecule has 1 rings (SSSR count). The predicted molar refractivity (Wildman–Crippen MR) is 56.4 cm³/mol. The molecular weight excluding hydrogens is 185 g/mol. The maximum absolute atomic E-state index is 12.9. The van der Waals surface area contributed by atoms with E-state index in [1.54, 1.807) is 13.0 Å². The second-order valence-electron chi connectivity index (χ2n) is 2.73. The topological polar surface area (TPSA) is 12.9 Å². The van der Waals surface area contributed by atoms with Gasteiger partial charge in [0, 0.05) is 11.8 Å². The van der Waals surface area contributed by atoms with Crippen LogP contribution in [-0.4, -0.2) is 10.7 Å². The smallest absolute Gasteiger partial charge is 0.216 e. The maximum atomic E-state index is 12.9. The molecule has 0 spiro atoms. The number of thiol groups is 1. The molecule has 3 heteroatoms. The Morgan fingerprint density at radius 2 is 2.38 bits per heavy atom. The van der Waals surface area contributed by atoms with Crippen molar-refractivity contribution in [3.8, 4) is 0 Å². The molecule has 0 radical (unpaired) electrons. The highest BCUT2D eigenvalue weighted by molar-refractivity contribution is 7.80. The van der Waals surface area contributed by atoms with Crippen molar-refractivity contribution >= 4 is 18.7 Å². The Bertz CT molecular complexity index is 310. The molecule has 0 aromatic carbocycles. The number of rotatable bonds is 3. The van der Waals surface area contributed by atoms with Crippen LogP contribution < -0.4 is 0 Å². The van der Waals surface area contributed by atoms with Crippen LogP contribution in [0.15, 0.2) is 18.3 Å². The van der Waals surface area contributed by atoms with Crippen LogP contribution in [-0.2, 0) is 0 Å². The standard InChI is InChI=1S/C10H12FNS/c1-8-9(4-2-3-7-13)5-6-12-10(8)11/h2,4-6,13H,3,7H2,1H3. The third-order valence-corrected chi connectivity index (χ3v) is 2.04. The van der Waals surface area contributed by atoms with Gasteiger partial charge in [0.15, 0.2) is 0 Å². The van der Waals surface area contributed by atoms with E-state index in [1.807, 2.05) is 12.2 Å². The molecule has 0 bridgehead atoms. The average Bonchev–Trinajstić information content (AvgIpc) is 2.13. The molecule has 0 fully saturated rings. The lowest BCUT2D eigenvalue weighted by Gasteiger charge is -1.99. The number of halogens is 1. The van der Waals surface area contributed by atoms with Crippen molar-refractivity contribution in [1.82, 2.24) is 4.98 Å². The Kier molecular flexibility index (Phi) is 3.96. The Morgan fingerprint density at radius 1 is 1.62 bits per heavy atom. The van der Waals surface area contributed by atoms with Gasteiger partial charge in [0.2, 0.25) is 5.95 Å². The number of aromatic nitrogens is 1. The van der Waals surface area contributed by atoms with Gasteiger partial charge in [0.05, 0.1) is 0 Å². The minimum Gasteiger partial charge on any atom is -0.228 e. The SMILES string of the molecule is Cc1c(C=CCCS)ccnc1F. The van der Waals surface area contributed by atoms with Crippen LogP contribution in [0, 0.1) is 12.9 Å². The molecule has 0 aliphatic rings. The monoisotopic (exact) mass is 197 g/mol. The maximum Gasteiger partial charge on any atom is 0.216 e. The molecule has 1 nitrogen and oxygen atoms in total. The summed E-state index contributed by atoms with van der Waals surface area (Å²) in [7, 11) is 0. The van der Waals surface area contributed by atoms with E-state index in [-0.39, 0.29) is 0 Å². The van der Waals surface area contributed by atoms with Crippen LogP contribution in [0.5, 0.6) is 0 Å². The van der Waals surface area contributed by atoms with Crippen molar-refractivity contribution in [2.45, 2.75) is 13.3 Å². The van der Waals surface area contributed by atoms with E-state index in [0.717, 1.165) is 17.7 Å². The normalized spacial score (nSPS) is 11.0. The van der Waals surface area contributed by atoms with Crippen LogP contribution in [0.1, 0.15) is 17.5 Å². The van der Waals surface area contributed by atoms with Crippen LogP contribution in [0.3, 0.4) is 0 Å². The van der Waals surface area contributed by atoms with E-state index in [4.69, 9.17) is 0 Å². The van der Waals surface area contributed by atoms with Crippen molar-refractivity contribution < 1.29 is 4.39 Å². The van der Waals surface area contributed by atoms with Crippen molar-refractivity contribution in [3.63, 3.8) is 0 Å². The van der Waals surface area contributed by atoms with Crippen LogP contribution in [0.2, 0.25) is 0 Å². The van der Waals surface area contributed by atoms with Gasteiger partial charge in [-0.25, -0.2) is 4.98 Å². The summed E-state index contributed by atoms with van der Waals surface area (Å²) in [5.41, 5.74) is 1.48. The lowest BCUT2D eigenvalue weighted by molar-refractivity contribution is 0.574. The van der Waals surface area contributed by atoms with Crippen molar-refractivity contribution in [2.24, 2.45) is 0 Å². The van der Waals surface area contributed by atoms with Gasteiger partial charge >= 0.3 is 0 Å². The summed E-state index contributed by atoms with van der Waals surface area (Å²) in [4.78, 5) is 3.55. The van der Waals surface area contributed by atoms with Crippen LogP contribution in [0.4, 0.5) is 4.39 Å². The van der Waals surface area contributed by atoms with Gasteiger partial charge in [0.25, 0.3) is 0 Å². The fourth-order valence-electron chi connectivity index (χ4n) is 0.989. The number of pyridine rings is 1. The predicted octanol–water partition coefficient (Wildman–Crippen LogP) is 2.86. The first-order chi connectivity index (χ1) is 6.25. The first-order valence-electron chi connectivity index (χ1n) is 4.14. The minimum absolute atomic E-state index is 0.395. The molecule has 0 aliphatic carbocycles. The number of hydrogen-bond donors (Lipinski definition) is 1. The number of allylic oxidation sites excluding steroid dienone is 1. The van der Waals surface area contributed by atoms with Crippen molar-refractivity contribution in [2.75, 3.05) is 5.75 Å². The minimum atomic E-state index is -0.395. The molecule has 0 atom stereocenters. The summed E-state index contributed by atoms with van der Waals surface area (Å²) in [6, 6.07) is 1.80. The summed E-state index contributed by atoms with van der Waals surface area (Å²) in [5.74, 6) is 0.413. The van der Waals surface area contributed by atoms with E-state index in [0.29, 0.717) is 5.56 Å². The molecule has 0 N–H and O–H groups in total. The lowest BCUT2D eigenvalue weighted by atomic mass is 10.1. The fourth-order valence-corrected chi connectivity index (χ4v) is 1.14. The van der Waals surface area contributed by atoms with Crippen LogP contribution >= 0.6 is 12.6 Å². The molecule has 13 heavy (non-hydrogen) atoms. The van der Waals surface area contributed by atoms with Gasteiger partial charge in [0.1, 0.15) is 0 Å². The molecule has 0 saturated heterocycles. The lowest BCUT2D eigenvalue weighted by Crippen LogP contribution is -1.90. The zero-order valence-electron chi connectivity index (χ0n) is 7.50. The first-order valence-corrected chi connectivity index (χ1v) is 4.77. The van der Waals surface area contributed by atoms with E-state index < -0.39 is 5.95 Å². The first kappa shape index (κ1) is 10.3. The van der Waals surface area contributed by atoms with Gasteiger partial charge in [-0.2, -0.15) is 17.0 Å². The second kappa shape index (κ2) is 5.02. The van der Waals surface area contributed by atoms with E-state index in [2.05, 4.69) is 17.6 Å². The van der Waals surface area contributed by atoms with Gasteiger partial charge in [-0.05, 0) is 30.7 Å². The second-order valence-corrected chi connectivity index (χ2v) is 3.18. The van der Waals surface area contributed by atoms with Gasteiger partial charge in [-0.3, -0.25) is 0 Å². The van der Waals surface area contributed by atoms with E-state index in [1.165, 1.54) is 6.20 Å². The Hall–Kier alpha value is -0.830. The molecule has 1 aromatic heterocycles. The van der Waals surface area contributed by atoms with Crippen molar-refractivity contribution in [3.05, 3.63) is 35.4 Å². The van der Waals surface area contributed by atoms with Crippen LogP contribution in [0.25, 0.3) is 6.08 Å². The summed E-state index contributed by atoms with van der Waals surface area (Å²) >= 11 is 4.08. The summed E-state index contributed by atoms with van der Waals surface area (Å²) < 4.78 is 12.9. The molecule has 1 heterocycles. The zero-order chi connectivity index (χ0) is 9.68. The third kappa shape index (κ3) is 2.84. The molecular formula is C10H12FNS. The summed E-state index contributed by atoms with van der Waals surface area (Å²) in [6.45, 7) is 1.72. The Balaban J connectivity index is 2.83. The zero-order valence-corrected chi connectivity index (χ0v) is 8.39. The van der Waals surface area contributed by atoms with Gasteiger partial charge in [-0.15, -0.1) is 0 Å². The molecule has 0 saturated carbocycles. The largest absolute Gasteiger partial charge is 0.228 e. The number of nitrogens with zero attached hydrogens (tertiary/aromatic N) is 1. The van der Waals surface area contributed by atoms with Gasteiger partial charge < -0.3 is 0 Å². The molecule has 0 unspecified atom stereocenters. The molecule has 70 valence electrons. The summed E-state index contributed by atoms with van der Waals surface area (Å²) in [6.07, 6.45) is 6.25. The quantitative estimate of drug-likeness (QED) is 0.580.